The van der Waals surface area contributed by atoms with Gasteiger partial charge in [-0.2, -0.15) is 0 Å². The summed E-state index contributed by atoms with van der Waals surface area (Å²) in [7, 11) is 0. The second kappa shape index (κ2) is 8.07. The number of hydrogen-bond donors (Lipinski definition) is 1. The first-order chi connectivity index (χ1) is 12.5. The molecule has 0 aliphatic carbocycles. The van der Waals surface area contributed by atoms with Gasteiger partial charge >= 0.3 is 0 Å². The highest BCUT2D eigenvalue weighted by Gasteiger charge is 2.17. The number of hydrogen-bond acceptors (Lipinski definition) is 5. The van der Waals surface area contributed by atoms with E-state index in [9.17, 15) is 13.6 Å². The minimum atomic E-state index is -0.860. The summed E-state index contributed by atoms with van der Waals surface area (Å²) in [5, 5.41) is 2.59. The van der Waals surface area contributed by atoms with Crippen LogP contribution in [-0.4, -0.2) is 35.6 Å². The SMILES string of the molecule is CC1CCN(c2cc(NC(=O)COc3ccc(F)cc3F)ncn2)CC1. The van der Waals surface area contributed by atoms with Gasteiger partial charge in [-0.1, -0.05) is 6.92 Å². The molecule has 0 saturated carbocycles. The van der Waals surface area contributed by atoms with Crippen LogP contribution < -0.4 is 15.0 Å². The van der Waals surface area contributed by atoms with Crippen molar-refractivity contribution in [2.45, 2.75) is 19.8 Å². The van der Waals surface area contributed by atoms with Crippen LogP contribution in [0.3, 0.4) is 0 Å². The molecule has 3 rings (SSSR count). The second-order valence-corrected chi connectivity index (χ2v) is 6.34. The van der Waals surface area contributed by atoms with E-state index in [1.165, 1.54) is 6.33 Å². The third kappa shape index (κ3) is 4.65. The van der Waals surface area contributed by atoms with E-state index < -0.39 is 24.1 Å². The van der Waals surface area contributed by atoms with Gasteiger partial charge in [-0.3, -0.25) is 4.79 Å². The van der Waals surface area contributed by atoms with E-state index in [0.717, 1.165) is 43.9 Å². The topological polar surface area (TPSA) is 67.4 Å². The van der Waals surface area contributed by atoms with Gasteiger partial charge in [-0.05, 0) is 30.9 Å². The molecule has 0 atom stereocenters. The summed E-state index contributed by atoms with van der Waals surface area (Å²) in [6.45, 7) is 3.65. The molecule has 1 aliphatic heterocycles. The van der Waals surface area contributed by atoms with Crippen LogP contribution in [0.15, 0.2) is 30.6 Å². The number of anilines is 2. The second-order valence-electron chi connectivity index (χ2n) is 6.34. The predicted octanol–water partition coefficient (Wildman–Crippen LogP) is 3.01. The Bertz CT molecular complexity index is 780. The number of nitrogens with one attached hydrogen (secondary N) is 1. The summed E-state index contributed by atoms with van der Waals surface area (Å²) in [6, 6.07) is 4.60. The molecule has 6 nitrogen and oxygen atoms in total. The number of carbonyl (C=O) groups excluding carboxylic acids is 1. The minimum Gasteiger partial charge on any atom is -0.481 e. The van der Waals surface area contributed by atoms with E-state index in [1.807, 2.05) is 0 Å². The fourth-order valence-electron chi connectivity index (χ4n) is 2.74. The molecule has 1 aromatic heterocycles. The van der Waals surface area contributed by atoms with Crippen molar-refractivity contribution in [3.05, 3.63) is 42.2 Å². The van der Waals surface area contributed by atoms with Crippen LogP contribution in [-0.2, 0) is 4.79 Å². The maximum atomic E-state index is 13.5. The molecule has 1 aromatic carbocycles. The summed E-state index contributed by atoms with van der Waals surface area (Å²) in [5.74, 6) is -0.440. The van der Waals surface area contributed by atoms with Crippen molar-refractivity contribution < 1.29 is 18.3 Å². The minimum absolute atomic E-state index is 0.188. The molecule has 0 unspecified atom stereocenters. The molecular weight excluding hydrogens is 342 g/mol. The van der Waals surface area contributed by atoms with Crippen molar-refractivity contribution in [3.63, 3.8) is 0 Å². The van der Waals surface area contributed by atoms with Gasteiger partial charge in [-0.25, -0.2) is 18.7 Å². The zero-order valence-electron chi connectivity index (χ0n) is 14.4. The van der Waals surface area contributed by atoms with Gasteiger partial charge in [-0.15, -0.1) is 0 Å². The molecule has 0 spiro atoms. The van der Waals surface area contributed by atoms with Crippen molar-refractivity contribution in [1.82, 2.24) is 9.97 Å². The summed E-state index contributed by atoms with van der Waals surface area (Å²) >= 11 is 0. The highest BCUT2D eigenvalue weighted by molar-refractivity contribution is 5.91. The molecule has 1 saturated heterocycles. The molecule has 0 radical (unpaired) electrons. The Balaban J connectivity index is 1.56. The van der Waals surface area contributed by atoms with Crippen molar-refractivity contribution in [2.75, 3.05) is 29.9 Å². The molecule has 8 heteroatoms. The number of rotatable bonds is 5. The normalized spacial score (nSPS) is 15.0. The van der Waals surface area contributed by atoms with Gasteiger partial charge in [0.05, 0.1) is 0 Å². The Morgan fingerprint density at radius 2 is 2.04 bits per heavy atom. The third-order valence-corrected chi connectivity index (χ3v) is 4.28. The van der Waals surface area contributed by atoms with E-state index in [2.05, 4.69) is 27.1 Å². The van der Waals surface area contributed by atoms with E-state index in [-0.39, 0.29) is 5.75 Å². The molecule has 2 aromatic rings. The number of benzene rings is 1. The number of halogens is 2. The molecular formula is C18H20F2N4O2. The zero-order valence-corrected chi connectivity index (χ0v) is 14.4. The van der Waals surface area contributed by atoms with Crippen LogP contribution in [0.25, 0.3) is 0 Å². The highest BCUT2D eigenvalue weighted by atomic mass is 19.1. The molecule has 26 heavy (non-hydrogen) atoms. The van der Waals surface area contributed by atoms with Gasteiger partial charge in [0.25, 0.3) is 5.91 Å². The number of nitrogens with zero attached hydrogens (tertiary/aromatic N) is 3. The number of carbonyl (C=O) groups is 1. The quantitative estimate of drug-likeness (QED) is 0.886. The molecule has 2 heterocycles. The summed E-state index contributed by atoms with van der Waals surface area (Å²) in [5.41, 5.74) is 0. The molecule has 138 valence electrons. The van der Waals surface area contributed by atoms with E-state index in [1.54, 1.807) is 6.07 Å². The summed E-state index contributed by atoms with van der Waals surface area (Å²) < 4.78 is 31.4. The van der Waals surface area contributed by atoms with Gasteiger partial charge in [0, 0.05) is 25.2 Å². The molecule has 1 amide bonds. The first kappa shape index (κ1) is 18.0. The highest BCUT2D eigenvalue weighted by Crippen LogP contribution is 2.22. The lowest BCUT2D eigenvalue weighted by molar-refractivity contribution is -0.118. The predicted molar refractivity (Wildman–Crippen MR) is 93.1 cm³/mol. The van der Waals surface area contributed by atoms with Crippen LogP contribution in [0.2, 0.25) is 0 Å². The number of piperidine rings is 1. The first-order valence-corrected chi connectivity index (χ1v) is 8.46. The maximum Gasteiger partial charge on any atom is 0.263 e. The monoisotopic (exact) mass is 362 g/mol. The van der Waals surface area contributed by atoms with Crippen molar-refractivity contribution in [1.29, 1.82) is 0 Å². The Morgan fingerprint density at radius 1 is 1.27 bits per heavy atom. The lowest BCUT2D eigenvalue weighted by Crippen LogP contribution is -2.33. The number of amides is 1. The number of ether oxygens (including phenoxy) is 1. The van der Waals surface area contributed by atoms with Crippen LogP contribution in [0, 0.1) is 17.6 Å². The lowest BCUT2D eigenvalue weighted by atomic mass is 9.99. The molecule has 1 N–H and O–H groups in total. The van der Waals surface area contributed by atoms with Crippen molar-refractivity contribution in [2.24, 2.45) is 5.92 Å². The molecule has 1 fully saturated rings. The summed E-state index contributed by atoms with van der Waals surface area (Å²) in [4.78, 5) is 22.4. The van der Waals surface area contributed by atoms with Gasteiger partial charge in [0.2, 0.25) is 0 Å². The first-order valence-electron chi connectivity index (χ1n) is 8.46. The summed E-state index contributed by atoms with van der Waals surface area (Å²) in [6.07, 6.45) is 3.59. The van der Waals surface area contributed by atoms with Crippen LogP contribution in [0.5, 0.6) is 5.75 Å². The zero-order chi connectivity index (χ0) is 18.5. The van der Waals surface area contributed by atoms with Crippen LogP contribution in [0.1, 0.15) is 19.8 Å². The van der Waals surface area contributed by atoms with E-state index in [0.29, 0.717) is 17.8 Å². The molecule has 1 aliphatic rings. The number of aromatic nitrogens is 2. The van der Waals surface area contributed by atoms with Gasteiger partial charge < -0.3 is 15.0 Å². The van der Waals surface area contributed by atoms with E-state index >= 15 is 0 Å². The third-order valence-electron chi connectivity index (χ3n) is 4.28. The van der Waals surface area contributed by atoms with Crippen molar-refractivity contribution >= 4 is 17.5 Å². The van der Waals surface area contributed by atoms with Gasteiger partial charge in [0.1, 0.15) is 23.8 Å². The van der Waals surface area contributed by atoms with Crippen LogP contribution in [0.4, 0.5) is 20.4 Å². The van der Waals surface area contributed by atoms with Gasteiger partial charge in [0.15, 0.2) is 18.2 Å². The average molecular weight is 362 g/mol. The Labute approximate surface area is 150 Å². The van der Waals surface area contributed by atoms with Crippen LogP contribution >= 0.6 is 0 Å². The largest absolute Gasteiger partial charge is 0.481 e. The smallest absolute Gasteiger partial charge is 0.263 e. The van der Waals surface area contributed by atoms with E-state index in [4.69, 9.17) is 4.74 Å². The standard InChI is InChI=1S/C18H20F2N4O2/c1-12-4-6-24(7-5-12)17-9-16(21-11-22-17)23-18(25)10-26-15-3-2-13(19)8-14(15)20/h2-3,8-9,11-12H,4-7,10H2,1H3,(H,21,22,23,25). The Hall–Kier alpha value is -2.77. The lowest BCUT2D eigenvalue weighted by Gasteiger charge is -2.31. The average Bonchev–Trinajstić information content (AvgIpc) is 2.62. The Kier molecular flexibility index (Phi) is 5.60. The van der Waals surface area contributed by atoms with Crippen molar-refractivity contribution in [3.8, 4) is 5.75 Å². The maximum absolute atomic E-state index is 13.5. The fourth-order valence-corrected chi connectivity index (χ4v) is 2.74. The molecule has 0 bridgehead atoms. The fraction of sp³-hybridized carbons (Fsp3) is 0.389. The Morgan fingerprint density at radius 3 is 2.77 bits per heavy atom.